The van der Waals surface area contributed by atoms with Crippen molar-refractivity contribution in [3.05, 3.63) is 115 Å². The average Bonchev–Trinajstić information content (AvgIpc) is 1.65. The summed E-state index contributed by atoms with van der Waals surface area (Å²) >= 11 is 51.0. The maximum Gasteiger partial charge on any atom is 0.179 e. The van der Waals surface area contributed by atoms with Crippen molar-refractivity contribution < 1.29 is 18.9 Å². The predicted molar refractivity (Wildman–Crippen MR) is 473 cm³/mol. The first-order chi connectivity index (χ1) is 45.6. The van der Waals surface area contributed by atoms with Gasteiger partial charge in [-0.2, -0.15) is 0 Å². The first kappa shape index (κ1) is 76.3. The number of methoxy groups -OCH3 is 4. The van der Waals surface area contributed by atoms with E-state index < -0.39 is 0 Å². The number of ether oxygens (including phenoxy) is 4. The van der Waals surface area contributed by atoms with Crippen LogP contribution in [0.15, 0.2) is 95.1 Å². The van der Waals surface area contributed by atoms with Crippen molar-refractivity contribution in [2.75, 3.05) is 51.5 Å². The Balaban J connectivity index is 0.616. The highest BCUT2D eigenvalue weighted by Gasteiger charge is 2.40. The minimum atomic E-state index is 0.448. The number of hydrogen-bond donors (Lipinski definition) is 0. The maximum atomic E-state index is 6.10. The van der Waals surface area contributed by atoms with Gasteiger partial charge in [0, 0.05) is 4.24 Å². The molecule has 93 heavy (non-hydrogen) atoms. The third-order valence-electron chi connectivity index (χ3n) is 14.0. The fourth-order valence-corrected chi connectivity index (χ4v) is 50.6. The largest absolute Gasteiger partial charge is 0.491 e. The van der Waals surface area contributed by atoms with Crippen LogP contribution in [0.1, 0.15) is 150 Å². The molecule has 10 aliphatic heterocycles. The molecule has 0 aliphatic carbocycles. The highest BCUT2D eigenvalue weighted by atomic mass is 32.3. The van der Waals surface area contributed by atoms with Gasteiger partial charge in [-0.05, 0) is 79.1 Å². The quantitative estimate of drug-likeness (QED) is 0.0636. The highest BCUT2D eigenvalue weighted by molar-refractivity contribution is 8.53. The molecule has 0 saturated heterocycles. The molecule has 0 unspecified atom stereocenters. The van der Waals surface area contributed by atoms with Crippen molar-refractivity contribution >= 4 is 329 Å². The second-order valence-corrected chi connectivity index (χ2v) is 54.1. The van der Waals surface area contributed by atoms with Crippen LogP contribution in [0.25, 0.3) is 24.3 Å². The monoisotopic (exact) mass is 1720 g/mol. The molecule has 2 aromatic heterocycles. The SMILES string of the molecule is CCCCCCSC1=C(SCCCCCC)SC(=C2SC3=C(SC(=Cc4sc(C=C5SC6=C(S5)SC(=C5SC7=C(SC(=Cc8sc(C=C9SC%10=C(S9)SC(=CC9SC(SCCCCCC)=C(SCCCCCC)S9)S%10)c(OC)c8OC)S7)S5)S6)c(OC)c4OC)S3)S2)S1. The summed E-state index contributed by atoms with van der Waals surface area (Å²) in [5.41, 5.74) is 0. The number of thioether (sulfide) groups is 24. The van der Waals surface area contributed by atoms with Crippen LogP contribution in [-0.2, 0) is 0 Å². The molecule has 0 spiro atoms. The summed E-state index contributed by atoms with van der Waals surface area (Å²) in [7, 11) is 7.08. The zero-order valence-electron chi connectivity index (χ0n) is 52.4. The Morgan fingerprint density at radius 1 is 0.280 bits per heavy atom. The fourth-order valence-electron chi connectivity index (χ4n) is 9.43. The molecular weight excluding hydrogens is 1650 g/mol. The van der Waals surface area contributed by atoms with E-state index in [2.05, 4.69) is 129 Å². The lowest BCUT2D eigenvalue weighted by molar-refractivity contribution is 0.357. The molecule has 0 bridgehead atoms. The molecule has 12 rings (SSSR count). The van der Waals surface area contributed by atoms with Gasteiger partial charge in [-0.1, -0.05) is 340 Å². The summed E-state index contributed by atoms with van der Waals surface area (Å²) in [6.07, 6.45) is 33.0. The minimum Gasteiger partial charge on any atom is -0.491 e. The molecule has 4 nitrogen and oxygen atoms in total. The van der Waals surface area contributed by atoms with Gasteiger partial charge < -0.3 is 18.9 Å². The number of hydrogen-bond acceptors (Lipinski definition) is 30. The molecule has 0 amide bonds. The van der Waals surface area contributed by atoms with Crippen LogP contribution in [0.5, 0.6) is 23.0 Å². The Labute approximate surface area is 662 Å². The average molecular weight is 1720 g/mol. The van der Waals surface area contributed by atoms with E-state index in [0.29, 0.717) is 4.58 Å². The van der Waals surface area contributed by atoms with Gasteiger partial charge in [-0.15, -0.1) is 69.7 Å². The van der Waals surface area contributed by atoms with Gasteiger partial charge in [0.25, 0.3) is 0 Å². The smallest absolute Gasteiger partial charge is 0.179 e. The van der Waals surface area contributed by atoms with Gasteiger partial charge in [-0.25, -0.2) is 0 Å². The van der Waals surface area contributed by atoms with E-state index in [4.69, 9.17) is 18.9 Å². The predicted octanol–water partition coefficient (Wildman–Crippen LogP) is 32.0. The zero-order chi connectivity index (χ0) is 64.2. The summed E-state index contributed by atoms with van der Waals surface area (Å²) in [6, 6.07) is 0. The molecule has 0 radical (unpaired) electrons. The normalized spacial score (nSPS) is 19.7. The lowest BCUT2D eigenvalue weighted by Crippen LogP contribution is -1.89. The Kier molecular flexibility index (Phi) is 31.8. The van der Waals surface area contributed by atoms with E-state index >= 15 is 0 Å². The molecule has 502 valence electrons. The Hall–Kier alpha value is 3.62. The van der Waals surface area contributed by atoms with Gasteiger partial charge in [0.15, 0.2) is 23.0 Å². The topological polar surface area (TPSA) is 36.9 Å². The van der Waals surface area contributed by atoms with Gasteiger partial charge in [-0.3, -0.25) is 0 Å². The molecule has 0 saturated carbocycles. The molecule has 2 aromatic rings. The van der Waals surface area contributed by atoms with E-state index in [1.165, 1.54) is 198 Å². The van der Waals surface area contributed by atoms with E-state index in [1.807, 2.05) is 212 Å². The summed E-state index contributed by atoms with van der Waals surface area (Å²) in [4.78, 5) is 4.39. The van der Waals surface area contributed by atoms with Crippen molar-refractivity contribution in [1.82, 2.24) is 0 Å². The fraction of sp³-hybridized carbons (Fsp3) is 0.460. The van der Waals surface area contributed by atoms with Crippen LogP contribution in [0.3, 0.4) is 0 Å². The molecule has 0 fully saturated rings. The third-order valence-corrected chi connectivity index (χ3v) is 50.5. The molecule has 30 heteroatoms. The lowest BCUT2D eigenvalue weighted by atomic mass is 10.2. The Morgan fingerprint density at radius 3 is 0.785 bits per heavy atom. The van der Waals surface area contributed by atoms with Crippen molar-refractivity contribution in [3.63, 3.8) is 0 Å². The summed E-state index contributed by atoms with van der Waals surface area (Å²) in [5.74, 6) is 8.18. The summed E-state index contributed by atoms with van der Waals surface area (Å²) in [6.45, 7) is 9.21. The van der Waals surface area contributed by atoms with Crippen LogP contribution in [0.2, 0.25) is 0 Å². The molecule has 0 N–H and O–H groups in total. The Morgan fingerprint density at radius 2 is 0.516 bits per heavy atom. The van der Waals surface area contributed by atoms with Crippen LogP contribution in [0, 0.1) is 0 Å². The second-order valence-electron chi connectivity index (χ2n) is 20.8. The zero-order valence-corrected chi connectivity index (χ0v) is 73.6. The van der Waals surface area contributed by atoms with Crippen molar-refractivity contribution in [2.24, 2.45) is 0 Å². The van der Waals surface area contributed by atoms with Crippen LogP contribution in [-0.4, -0.2) is 56.0 Å². The van der Waals surface area contributed by atoms with E-state index in [1.54, 1.807) is 68.1 Å². The van der Waals surface area contributed by atoms with Crippen molar-refractivity contribution in [1.29, 1.82) is 0 Å². The van der Waals surface area contributed by atoms with Crippen LogP contribution < -0.4 is 18.9 Å². The van der Waals surface area contributed by atoms with Gasteiger partial charge in [0.05, 0.1) is 137 Å². The first-order valence-electron chi connectivity index (χ1n) is 30.7. The van der Waals surface area contributed by atoms with Gasteiger partial charge in [0.1, 0.15) is 0 Å². The molecular formula is C63H70O4S26. The summed E-state index contributed by atoms with van der Waals surface area (Å²) < 4.78 is 54.5. The van der Waals surface area contributed by atoms with Gasteiger partial charge in [0.2, 0.25) is 0 Å². The maximum absolute atomic E-state index is 6.10. The van der Waals surface area contributed by atoms with E-state index in [9.17, 15) is 0 Å². The minimum absolute atomic E-state index is 0.448. The van der Waals surface area contributed by atoms with Crippen molar-refractivity contribution in [3.8, 4) is 23.0 Å². The number of unbranched alkanes of at least 4 members (excludes halogenated alkanes) is 12. The lowest BCUT2D eigenvalue weighted by Gasteiger charge is -2.08. The van der Waals surface area contributed by atoms with Crippen LogP contribution in [0.4, 0.5) is 0 Å². The standard InChI is InChI=1S/C63H70O4S26/c1-9-13-17-21-25-68-48-49(69-26-22-18-14-10-2)75-42(74-48)33-43-84-52-53(85-43)77-38(76-52)29-34-44(64-5)45(65-6)35(72-34)30-40-80-56-57(81-40)91-62(90-56)63-92-58-59(93-63)83-41(82-58)32-37-47(67-8)46(66-7)36(73-37)31-39-78-54-55(79-39)89-61(88-54)60-86-50(70-27-23-19-15-11-3)51(87-60)71-28-24-20-16-12-4/h29-33,42H,9-28H2,1-8H3. The summed E-state index contributed by atoms with van der Waals surface area (Å²) in [5, 5.41) is 0. The van der Waals surface area contributed by atoms with Crippen molar-refractivity contribution in [2.45, 2.75) is 135 Å². The number of rotatable bonds is 33. The van der Waals surface area contributed by atoms with Gasteiger partial charge >= 0.3 is 0 Å². The second kappa shape index (κ2) is 38.8. The highest BCUT2D eigenvalue weighted by Crippen LogP contribution is 2.75. The van der Waals surface area contributed by atoms with E-state index in [0.717, 1.165) is 42.5 Å². The van der Waals surface area contributed by atoms with Crippen LogP contribution >= 0.6 is 305 Å². The van der Waals surface area contributed by atoms with E-state index in [-0.39, 0.29) is 0 Å². The third kappa shape index (κ3) is 20.2. The molecule has 0 aromatic carbocycles. The first-order valence-corrected chi connectivity index (χ1v) is 52.8. The molecule has 10 aliphatic rings. The Bertz CT molecular complexity index is 3430. The molecule has 12 heterocycles. The molecule has 0 atom stereocenters. The number of thiophene rings is 2.